The molecule has 30 heavy (non-hydrogen) atoms. The van der Waals surface area contributed by atoms with Gasteiger partial charge in [0.2, 0.25) is 10.0 Å². The number of hydrogen-bond donors (Lipinski definition) is 3. The fourth-order valence-electron chi connectivity index (χ4n) is 2.94. The van der Waals surface area contributed by atoms with E-state index in [0.29, 0.717) is 28.1 Å². The first kappa shape index (κ1) is 21.2. The molecule has 0 unspecified atom stereocenters. The maximum Gasteiger partial charge on any atom is 0.284 e. The van der Waals surface area contributed by atoms with E-state index in [1.54, 1.807) is 66.7 Å². The number of amides is 1. The Morgan fingerprint density at radius 1 is 0.967 bits per heavy atom. The number of hydrogen-bond acceptors (Lipinski definition) is 4. The summed E-state index contributed by atoms with van der Waals surface area (Å²) in [6, 6.07) is 19.3. The molecule has 3 aromatic carbocycles. The van der Waals surface area contributed by atoms with Crippen LogP contribution < -0.4 is 16.2 Å². The Labute approximate surface area is 174 Å². The van der Waals surface area contributed by atoms with E-state index in [1.807, 2.05) is 0 Å². The van der Waals surface area contributed by atoms with Crippen molar-refractivity contribution in [3.8, 4) is 11.1 Å². The summed E-state index contributed by atoms with van der Waals surface area (Å²) in [5.41, 5.74) is 8.22. The Kier molecular flexibility index (Phi) is 6.00. The Bertz CT molecular complexity index is 1240. The van der Waals surface area contributed by atoms with Gasteiger partial charge >= 0.3 is 0 Å². The Hall–Kier alpha value is -3.49. The summed E-state index contributed by atoms with van der Waals surface area (Å²) in [6.45, 7) is 1.50. The second-order valence-corrected chi connectivity index (χ2v) is 8.17. The highest BCUT2D eigenvalue weighted by Gasteiger charge is 2.16. The van der Waals surface area contributed by atoms with Gasteiger partial charge in [0.05, 0.1) is 4.90 Å². The van der Waals surface area contributed by atoms with Crippen molar-refractivity contribution in [2.45, 2.75) is 11.8 Å². The molecule has 0 saturated carbocycles. The monoisotopic (exact) mass is 425 g/mol. The van der Waals surface area contributed by atoms with Crippen LogP contribution in [0.1, 0.15) is 12.5 Å². The van der Waals surface area contributed by atoms with Crippen molar-refractivity contribution in [2.24, 2.45) is 5.14 Å². The number of primary sulfonamides is 1. The van der Waals surface area contributed by atoms with Crippen LogP contribution in [0.4, 0.5) is 15.8 Å². The summed E-state index contributed by atoms with van der Waals surface area (Å²) >= 11 is 0. The van der Waals surface area contributed by atoms with Crippen LogP contribution in [0.25, 0.3) is 16.7 Å². The lowest BCUT2D eigenvalue weighted by Gasteiger charge is -2.10. The van der Waals surface area contributed by atoms with Crippen LogP contribution in [0.15, 0.2) is 83.5 Å². The van der Waals surface area contributed by atoms with Gasteiger partial charge in [-0.05, 0) is 54.0 Å². The van der Waals surface area contributed by atoms with Crippen LogP contribution in [0.2, 0.25) is 0 Å². The predicted octanol–water partition coefficient (Wildman–Crippen LogP) is 3.92. The van der Waals surface area contributed by atoms with Crippen LogP contribution >= 0.6 is 0 Å². The maximum atomic E-state index is 14.6. The number of anilines is 2. The molecule has 0 spiro atoms. The van der Waals surface area contributed by atoms with Gasteiger partial charge in [-0.25, -0.2) is 17.9 Å². The summed E-state index contributed by atoms with van der Waals surface area (Å²) in [5.74, 6) is -1.82. The zero-order valence-corrected chi connectivity index (χ0v) is 16.9. The van der Waals surface area contributed by atoms with Gasteiger partial charge in [-0.1, -0.05) is 42.5 Å². The lowest BCUT2D eigenvalue weighted by Crippen LogP contribution is -2.13. The highest BCUT2D eigenvalue weighted by atomic mass is 32.2. The Balaban J connectivity index is 1.83. The number of carbonyl (C=O) groups excluding carboxylic acids is 1. The van der Waals surface area contributed by atoms with E-state index in [1.165, 1.54) is 13.0 Å². The minimum atomic E-state index is -3.90. The largest absolute Gasteiger partial charge is 0.399 e. The van der Waals surface area contributed by atoms with E-state index < -0.39 is 21.8 Å². The summed E-state index contributed by atoms with van der Waals surface area (Å²) in [6.07, 6.45) is 0. The van der Waals surface area contributed by atoms with Gasteiger partial charge in [-0.15, -0.1) is 0 Å². The quantitative estimate of drug-likeness (QED) is 0.424. The topological polar surface area (TPSA) is 115 Å². The molecule has 3 rings (SSSR count). The van der Waals surface area contributed by atoms with Gasteiger partial charge in [-0.3, -0.25) is 4.79 Å². The second kappa shape index (κ2) is 8.48. The molecule has 8 heteroatoms. The number of nitrogens with two attached hydrogens (primary N) is 2. The average molecular weight is 425 g/mol. The summed E-state index contributed by atoms with van der Waals surface area (Å²) < 4.78 is 38.1. The van der Waals surface area contributed by atoms with Crippen LogP contribution in [-0.4, -0.2) is 14.3 Å². The molecule has 0 bridgehead atoms. The third-order valence-corrected chi connectivity index (χ3v) is 5.46. The highest BCUT2D eigenvalue weighted by molar-refractivity contribution is 7.89. The normalized spacial score (nSPS) is 12.2. The zero-order chi connectivity index (χ0) is 21.9. The molecule has 0 saturated heterocycles. The van der Waals surface area contributed by atoms with Crippen LogP contribution in [0, 0.1) is 0 Å². The van der Waals surface area contributed by atoms with Gasteiger partial charge in [0.1, 0.15) is 0 Å². The van der Waals surface area contributed by atoms with E-state index >= 15 is 0 Å². The van der Waals surface area contributed by atoms with Gasteiger partial charge in [-0.2, -0.15) is 0 Å². The van der Waals surface area contributed by atoms with Crippen molar-refractivity contribution >= 4 is 32.9 Å². The van der Waals surface area contributed by atoms with Crippen molar-refractivity contribution in [2.75, 3.05) is 11.1 Å². The Morgan fingerprint density at radius 3 is 2.27 bits per heavy atom. The minimum Gasteiger partial charge on any atom is -0.399 e. The summed E-state index contributed by atoms with van der Waals surface area (Å²) in [4.78, 5) is 12.3. The van der Waals surface area contributed by atoms with E-state index in [2.05, 4.69) is 5.32 Å². The molecule has 0 fully saturated rings. The van der Waals surface area contributed by atoms with Crippen LogP contribution in [0.3, 0.4) is 0 Å². The van der Waals surface area contributed by atoms with Gasteiger partial charge in [0.25, 0.3) is 5.91 Å². The molecular formula is C22H20FN3O3S. The first-order chi connectivity index (χ1) is 14.2. The van der Waals surface area contributed by atoms with E-state index in [9.17, 15) is 17.6 Å². The average Bonchev–Trinajstić information content (AvgIpc) is 2.72. The van der Waals surface area contributed by atoms with E-state index in [4.69, 9.17) is 10.9 Å². The lowest BCUT2D eigenvalue weighted by molar-refractivity contribution is -0.114. The molecule has 0 radical (unpaired) electrons. The van der Waals surface area contributed by atoms with Crippen molar-refractivity contribution in [3.63, 3.8) is 0 Å². The highest BCUT2D eigenvalue weighted by Crippen LogP contribution is 2.28. The predicted molar refractivity (Wildman–Crippen MR) is 116 cm³/mol. The molecule has 0 aliphatic rings. The zero-order valence-electron chi connectivity index (χ0n) is 16.1. The Morgan fingerprint density at radius 2 is 1.63 bits per heavy atom. The van der Waals surface area contributed by atoms with E-state index in [0.717, 1.165) is 0 Å². The minimum absolute atomic E-state index is 0.00600. The number of benzene rings is 3. The molecule has 5 N–H and O–H groups in total. The van der Waals surface area contributed by atoms with Crippen LogP contribution in [0.5, 0.6) is 0 Å². The summed E-state index contributed by atoms with van der Waals surface area (Å²) in [7, 11) is -3.90. The molecule has 6 nitrogen and oxygen atoms in total. The third kappa shape index (κ3) is 4.73. The third-order valence-electron chi connectivity index (χ3n) is 4.50. The van der Waals surface area contributed by atoms with Crippen molar-refractivity contribution in [1.82, 2.24) is 0 Å². The fourth-order valence-corrected chi connectivity index (χ4v) is 3.70. The first-order valence-electron chi connectivity index (χ1n) is 8.93. The standard InChI is InChI=1S/C22H20FN3O3S/c1-14(16-5-4-6-17(24)13-16)21(23)22(27)26-18-11-9-15(10-12-18)19-7-2-3-8-20(19)30(25,28)29/h2-13H,24H2,1H3,(H,26,27)(H2,25,28,29)/b21-14+. The number of carbonyl (C=O) groups is 1. The van der Waals surface area contributed by atoms with E-state index in [-0.39, 0.29) is 10.5 Å². The molecule has 0 aromatic heterocycles. The molecule has 154 valence electrons. The summed E-state index contributed by atoms with van der Waals surface area (Å²) in [5, 5.41) is 7.75. The number of nitrogens with one attached hydrogen (secondary N) is 1. The van der Waals surface area contributed by atoms with Crippen molar-refractivity contribution in [3.05, 3.63) is 84.2 Å². The molecular weight excluding hydrogens is 405 g/mol. The number of rotatable bonds is 5. The second-order valence-electron chi connectivity index (χ2n) is 6.64. The van der Waals surface area contributed by atoms with Crippen molar-refractivity contribution < 1.29 is 17.6 Å². The van der Waals surface area contributed by atoms with Gasteiger partial charge in [0.15, 0.2) is 5.83 Å². The molecule has 0 heterocycles. The first-order valence-corrected chi connectivity index (χ1v) is 10.5. The molecule has 0 atom stereocenters. The van der Waals surface area contributed by atoms with Gasteiger partial charge in [0, 0.05) is 16.9 Å². The number of halogens is 1. The fraction of sp³-hybridized carbons (Fsp3) is 0.0455. The lowest BCUT2D eigenvalue weighted by atomic mass is 10.0. The molecule has 3 aromatic rings. The van der Waals surface area contributed by atoms with Crippen LogP contribution in [-0.2, 0) is 14.8 Å². The smallest absolute Gasteiger partial charge is 0.284 e. The SMILES string of the molecule is C/C(=C(\F)C(=O)Nc1ccc(-c2ccccc2S(N)(=O)=O)cc1)c1cccc(N)c1. The number of sulfonamides is 1. The maximum absolute atomic E-state index is 14.6. The number of nitrogen functional groups attached to an aromatic ring is 1. The van der Waals surface area contributed by atoms with Crippen molar-refractivity contribution in [1.29, 1.82) is 0 Å². The van der Waals surface area contributed by atoms with Gasteiger partial charge < -0.3 is 11.1 Å². The molecule has 0 aliphatic heterocycles. The molecule has 1 amide bonds. The number of allylic oxidation sites excluding steroid dienone is 1. The molecule has 0 aliphatic carbocycles.